The largest absolute Gasteiger partial charge is 0.481 e. The Labute approximate surface area is 190 Å². The molecule has 1 heterocycles. The van der Waals surface area contributed by atoms with E-state index in [4.69, 9.17) is 0 Å². The highest BCUT2D eigenvalue weighted by atomic mass is 32.1. The highest BCUT2D eigenvalue weighted by Gasteiger charge is 2.25. The normalized spacial score (nSPS) is 14.4. The second-order valence-corrected chi connectivity index (χ2v) is 9.26. The van der Waals surface area contributed by atoms with Gasteiger partial charge in [-0.1, -0.05) is 48.5 Å². The van der Waals surface area contributed by atoms with Crippen molar-refractivity contribution in [1.82, 2.24) is 0 Å². The van der Waals surface area contributed by atoms with Gasteiger partial charge < -0.3 is 5.11 Å². The van der Waals surface area contributed by atoms with Crippen molar-refractivity contribution in [1.29, 1.82) is 0 Å². The van der Waals surface area contributed by atoms with Gasteiger partial charge in [0.1, 0.15) is 5.82 Å². The van der Waals surface area contributed by atoms with Gasteiger partial charge in [0.25, 0.3) is 0 Å². The summed E-state index contributed by atoms with van der Waals surface area (Å²) in [7, 11) is 0. The number of carboxylic acid groups (broad SMARTS) is 1. The fraction of sp³-hybridized carbons (Fsp3) is 0.107. The van der Waals surface area contributed by atoms with E-state index < -0.39 is 5.97 Å². The number of halogens is 1. The summed E-state index contributed by atoms with van der Waals surface area (Å²) in [5.41, 5.74) is 6.36. The van der Waals surface area contributed by atoms with E-state index in [2.05, 4.69) is 60.7 Å². The first-order valence-electron chi connectivity index (χ1n) is 10.5. The zero-order chi connectivity index (χ0) is 22.2. The smallest absolute Gasteiger partial charge is 0.307 e. The molecule has 4 heteroatoms. The van der Waals surface area contributed by atoms with Crippen LogP contribution >= 0.6 is 11.3 Å². The molecule has 0 spiro atoms. The number of thiophene rings is 1. The molecule has 1 aliphatic carbocycles. The number of hydrogen-bond acceptors (Lipinski definition) is 2. The van der Waals surface area contributed by atoms with Gasteiger partial charge in [-0.3, -0.25) is 4.79 Å². The van der Waals surface area contributed by atoms with Gasteiger partial charge in [0.15, 0.2) is 0 Å². The number of hydrogen-bond donors (Lipinski definition) is 1. The average Bonchev–Trinajstić information content (AvgIpc) is 3.28. The quantitative estimate of drug-likeness (QED) is 0.350. The van der Waals surface area contributed by atoms with Crippen LogP contribution in [0.3, 0.4) is 0 Å². The van der Waals surface area contributed by atoms with Crippen LogP contribution in [0.5, 0.6) is 0 Å². The van der Waals surface area contributed by atoms with E-state index in [1.807, 2.05) is 18.3 Å². The molecule has 5 rings (SSSR count). The first kappa shape index (κ1) is 20.4. The Kier molecular flexibility index (Phi) is 5.24. The summed E-state index contributed by atoms with van der Waals surface area (Å²) < 4.78 is 15.2. The lowest BCUT2D eigenvalue weighted by atomic mass is 9.99. The van der Waals surface area contributed by atoms with Crippen LogP contribution in [0.15, 0.2) is 78.4 Å². The van der Waals surface area contributed by atoms with Crippen LogP contribution in [0.2, 0.25) is 0 Å². The molecule has 0 unspecified atom stereocenters. The summed E-state index contributed by atoms with van der Waals surface area (Å²) in [6, 6.07) is 23.7. The van der Waals surface area contributed by atoms with Crippen molar-refractivity contribution in [2.45, 2.75) is 19.8 Å². The number of carbonyl (C=O) groups is 1. The lowest BCUT2D eigenvalue weighted by Gasteiger charge is -2.05. The predicted octanol–water partition coefficient (Wildman–Crippen LogP) is 7.43. The van der Waals surface area contributed by atoms with Crippen LogP contribution in [-0.2, 0) is 11.2 Å². The Bertz CT molecular complexity index is 1370. The summed E-state index contributed by atoms with van der Waals surface area (Å²) in [5.74, 6) is -1.27. The minimum atomic E-state index is -0.915. The third-order valence-electron chi connectivity index (χ3n) is 5.93. The van der Waals surface area contributed by atoms with Crippen LogP contribution < -0.4 is 0 Å². The van der Waals surface area contributed by atoms with Gasteiger partial charge in [-0.05, 0) is 81.6 Å². The van der Waals surface area contributed by atoms with Crippen molar-refractivity contribution in [2.24, 2.45) is 0 Å². The van der Waals surface area contributed by atoms with Gasteiger partial charge in [-0.15, -0.1) is 11.3 Å². The topological polar surface area (TPSA) is 37.3 Å². The number of aliphatic carboxylic acids is 1. The van der Waals surface area contributed by atoms with Gasteiger partial charge >= 0.3 is 5.97 Å². The molecule has 32 heavy (non-hydrogen) atoms. The zero-order valence-corrected chi connectivity index (χ0v) is 18.4. The first-order chi connectivity index (χ1) is 15.5. The molecule has 2 nitrogen and oxygen atoms in total. The molecule has 0 saturated heterocycles. The molecule has 0 saturated carbocycles. The average molecular weight is 441 g/mol. The molecule has 1 aliphatic rings. The van der Waals surface area contributed by atoms with Crippen molar-refractivity contribution < 1.29 is 14.3 Å². The molecule has 4 aromatic rings. The Morgan fingerprint density at radius 2 is 1.78 bits per heavy atom. The SMILES string of the molecule is CC1=C(CC(=O)O)c2cc(F)ccc2/C1=C\c1ccc(Cc2cc3ccccc3s2)cc1. The molecule has 0 aliphatic heterocycles. The Balaban J connectivity index is 1.44. The van der Waals surface area contributed by atoms with E-state index in [-0.39, 0.29) is 12.2 Å². The van der Waals surface area contributed by atoms with E-state index in [0.717, 1.165) is 28.7 Å². The number of fused-ring (bicyclic) bond motifs is 2. The number of carboxylic acids is 1. The van der Waals surface area contributed by atoms with Gasteiger partial charge in [0, 0.05) is 16.0 Å². The molecule has 0 fully saturated rings. The van der Waals surface area contributed by atoms with Crippen molar-refractivity contribution >= 4 is 44.6 Å². The highest BCUT2D eigenvalue weighted by Crippen LogP contribution is 2.43. The number of allylic oxidation sites excluding steroid dienone is 2. The zero-order valence-electron chi connectivity index (χ0n) is 17.6. The minimum Gasteiger partial charge on any atom is -0.481 e. The molecule has 3 aromatic carbocycles. The van der Waals surface area contributed by atoms with E-state index >= 15 is 0 Å². The molecule has 1 aromatic heterocycles. The predicted molar refractivity (Wildman–Crippen MR) is 130 cm³/mol. The molecule has 0 bridgehead atoms. The van der Waals surface area contributed by atoms with Crippen LogP contribution in [-0.4, -0.2) is 11.1 Å². The summed E-state index contributed by atoms with van der Waals surface area (Å²) in [4.78, 5) is 12.7. The fourth-order valence-corrected chi connectivity index (χ4v) is 5.45. The van der Waals surface area contributed by atoms with Gasteiger partial charge in [-0.2, -0.15) is 0 Å². The fourth-order valence-electron chi connectivity index (χ4n) is 4.36. The molecule has 1 N–H and O–H groups in total. The monoisotopic (exact) mass is 440 g/mol. The minimum absolute atomic E-state index is 0.117. The maximum absolute atomic E-state index is 13.9. The molecule has 158 valence electrons. The maximum atomic E-state index is 13.9. The van der Waals surface area contributed by atoms with Crippen LogP contribution in [0.4, 0.5) is 4.39 Å². The van der Waals surface area contributed by atoms with Gasteiger partial charge in [0.2, 0.25) is 0 Å². The summed E-state index contributed by atoms with van der Waals surface area (Å²) >= 11 is 1.82. The molecule has 0 amide bonds. The van der Waals surface area contributed by atoms with E-state index in [1.165, 1.54) is 32.7 Å². The van der Waals surface area contributed by atoms with Crippen molar-refractivity contribution in [3.63, 3.8) is 0 Å². The van der Waals surface area contributed by atoms with Crippen molar-refractivity contribution in [3.05, 3.63) is 111 Å². The van der Waals surface area contributed by atoms with E-state index in [1.54, 1.807) is 6.07 Å². The molecular weight excluding hydrogens is 419 g/mol. The second-order valence-electron chi connectivity index (χ2n) is 8.09. The number of rotatable bonds is 5. The lowest BCUT2D eigenvalue weighted by molar-refractivity contribution is -0.135. The van der Waals surface area contributed by atoms with Crippen LogP contribution in [0.25, 0.3) is 27.3 Å². The van der Waals surface area contributed by atoms with Crippen molar-refractivity contribution in [3.8, 4) is 0 Å². The third-order valence-corrected chi connectivity index (χ3v) is 7.04. The van der Waals surface area contributed by atoms with Crippen LogP contribution in [0.1, 0.15) is 40.5 Å². The lowest BCUT2D eigenvalue weighted by Crippen LogP contribution is -1.97. The first-order valence-corrected chi connectivity index (χ1v) is 11.3. The Morgan fingerprint density at radius 3 is 2.53 bits per heavy atom. The van der Waals surface area contributed by atoms with Crippen LogP contribution in [0, 0.1) is 5.82 Å². The standard InChI is InChI=1S/C28H21FO2S/c1-17-24(23-11-10-21(29)15-26(23)25(17)16-28(30)31)13-19-8-6-18(7-9-19)12-22-14-20-4-2-3-5-27(20)32-22/h2-11,13-15H,12,16H2,1H3,(H,30,31)/b24-13-. The molecule has 0 atom stereocenters. The van der Waals surface area contributed by atoms with E-state index in [0.29, 0.717) is 11.1 Å². The van der Waals surface area contributed by atoms with Crippen molar-refractivity contribution in [2.75, 3.05) is 0 Å². The van der Waals surface area contributed by atoms with Gasteiger partial charge in [0.05, 0.1) is 6.42 Å². The Morgan fingerprint density at radius 1 is 1.00 bits per heavy atom. The van der Waals surface area contributed by atoms with Gasteiger partial charge in [-0.25, -0.2) is 4.39 Å². The highest BCUT2D eigenvalue weighted by molar-refractivity contribution is 7.19. The molecular formula is C28H21FO2S. The third kappa shape index (κ3) is 3.90. The Hall–Kier alpha value is -3.50. The maximum Gasteiger partial charge on any atom is 0.307 e. The second kappa shape index (κ2) is 8.21. The van der Waals surface area contributed by atoms with E-state index in [9.17, 15) is 14.3 Å². The number of benzene rings is 3. The summed E-state index contributed by atoms with van der Waals surface area (Å²) in [6.45, 7) is 1.91. The molecule has 0 radical (unpaired) electrons. The summed E-state index contributed by atoms with van der Waals surface area (Å²) in [5, 5.41) is 10.6. The summed E-state index contributed by atoms with van der Waals surface area (Å²) in [6.07, 6.45) is 2.83.